The van der Waals surface area contributed by atoms with Crippen molar-refractivity contribution in [2.45, 2.75) is 30.7 Å². The fourth-order valence-electron chi connectivity index (χ4n) is 3.60. The molecule has 4 nitrogen and oxygen atoms in total. The molecule has 2 heterocycles. The standard InChI is InChI=1S/C17H25N3OS.ClH/c1-13-5-4-8-19(15(13)11-18)12-17(21)20-9-10-22-16-7-3-2-6-14(16)20;/h2-3,6-7,13,15H,4-5,8-12,18H2,1H3;1H. The van der Waals surface area contributed by atoms with E-state index in [2.05, 4.69) is 24.0 Å². The Kier molecular flexibility index (Phi) is 6.77. The van der Waals surface area contributed by atoms with Crippen molar-refractivity contribution in [2.75, 3.05) is 36.8 Å². The number of amides is 1. The molecular formula is C17H26ClN3OS. The number of likely N-dealkylation sites (tertiary alicyclic amines) is 1. The van der Waals surface area contributed by atoms with Crippen molar-refractivity contribution < 1.29 is 4.79 Å². The van der Waals surface area contributed by atoms with Crippen LogP contribution >= 0.6 is 24.2 Å². The van der Waals surface area contributed by atoms with Crippen LogP contribution in [0, 0.1) is 5.92 Å². The van der Waals surface area contributed by atoms with Crippen molar-refractivity contribution >= 4 is 35.8 Å². The van der Waals surface area contributed by atoms with Gasteiger partial charge in [0.25, 0.3) is 0 Å². The Labute approximate surface area is 149 Å². The van der Waals surface area contributed by atoms with Crippen molar-refractivity contribution in [3.8, 4) is 0 Å². The molecule has 23 heavy (non-hydrogen) atoms. The highest BCUT2D eigenvalue weighted by Gasteiger charge is 2.31. The van der Waals surface area contributed by atoms with Crippen molar-refractivity contribution in [3.05, 3.63) is 24.3 Å². The predicted molar refractivity (Wildman–Crippen MR) is 99.6 cm³/mol. The minimum absolute atomic E-state index is 0. The SMILES string of the molecule is CC1CCCN(CC(=O)N2CCSc3ccccc32)C1CN.Cl. The van der Waals surface area contributed by atoms with Crippen LogP contribution in [0.4, 0.5) is 5.69 Å². The summed E-state index contributed by atoms with van der Waals surface area (Å²) in [6, 6.07) is 8.55. The molecule has 2 N–H and O–H groups in total. The number of rotatable bonds is 3. The molecule has 1 aromatic rings. The second-order valence-corrected chi connectivity index (χ2v) is 7.39. The molecule has 0 spiro atoms. The highest BCUT2D eigenvalue weighted by atomic mass is 35.5. The molecule has 2 atom stereocenters. The van der Waals surface area contributed by atoms with Crippen molar-refractivity contribution in [1.82, 2.24) is 4.90 Å². The molecule has 0 saturated carbocycles. The average molecular weight is 356 g/mol. The first-order valence-electron chi connectivity index (χ1n) is 8.17. The number of hydrogen-bond donors (Lipinski definition) is 1. The molecule has 0 bridgehead atoms. The monoisotopic (exact) mass is 355 g/mol. The summed E-state index contributed by atoms with van der Waals surface area (Å²) in [5, 5.41) is 0. The van der Waals surface area contributed by atoms with E-state index in [0.29, 0.717) is 25.0 Å². The maximum Gasteiger partial charge on any atom is 0.241 e. The number of thioether (sulfide) groups is 1. The Morgan fingerprint density at radius 3 is 2.91 bits per heavy atom. The van der Waals surface area contributed by atoms with Crippen LogP contribution in [-0.4, -0.2) is 48.8 Å². The second-order valence-electron chi connectivity index (χ2n) is 6.25. The molecule has 0 radical (unpaired) electrons. The quantitative estimate of drug-likeness (QED) is 0.905. The van der Waals surface area contributed by atoms with Gasteiger partial charge in [0, 0.05) is 29.8 Å². The average Bonchev–Trinajstić information content (AvgIpc) is 2.54. The fraction of sp³-hybridized carbons (Fsp3) is 0.588. The van der Waals surface area contributed by atoms with E-state index in [-0.39, 0.29) is 18.3 Å². The Morgan fingerprint density at radius 1 is 1.35 bits per heavy atom. The molecule has 2 aliphatic heterocycles. The first-order valence-corrected chi connectivity index (χ1v) is 9.15. The molecule has 3 rings (SSSR count). The van der Waals surface area contributed by atoms with E-state index < -0.39 is 0 Å². The summed E-state index contributed by atoms with van der Waals surface area (Å²) >= 11 is 1.83. The highest BCUT2D eigenvalue weighted by molar-refractivity contribution is 7.99. The van der Waals surface area contributed by atoms with Crippen LogP contribution in [0.15, 0.2) is 29.2 Å². The summed E-state index contributed by atoms with van der Waals surface area (Å²) in [5.74, 6) is 1.76. The Morgan fingerprint density at radius 2 is 2.13 bits per heavy atom. The molecule has 2 unspecified atom stereocenters. The van der Waals surface area contributed by atoms with Crippen LogP contribution in [0.2, 0.25) is 0 Å². The van der Waals surface area contributed by atoms with Gasteiger partial charge in [0.05, 0.1) is 12.2 Å². The van der Waals surface area contributed by atoms with Crippen molar-refractivity contribution in [3.63, 3.8) is 0 Å². The number of piperidine rings is 1. The molecule has 0 aromatic heterocycles. The minimum atomic E-state index is 0. The number of halogens is 1. The van der Waals surface area contributed by atoms with E-state index in [1.165, 1.54) is 11.3 Å². The lowest BCUT2D eigenvalue weighted by Crippen LogP contribution is -2.53. The smallest absolute Gasteiger partial charge is 0.241 e. The molecular weight excluding hydrogens is 330 g/mol. The van der Waals surface area contributed by atoms with Gasteiger partial charge in [-0.3, -0.25) is 9.69 Å². The highest BCUT2D eigenvalue weighted by Crippen LogP contribution is 2.34. The number of nitrogens with zero attached hydrogens (tertiary/aromatic N) is 2. The van der Waals surface area contributed by atoms with Gasteiger partial charge in [-0.1, -0.05) is 19.1 Å². The number of anilines is 1. The molecule has 1 saturated heterocycles. The Balaban J connectivity index is 0.00000192. The van der Waals surface area contributed by atoms with E-state index in [9.17, 15) is 4.79 Å². The number of para-hydroxylation sites is 1. The topological polar surface area (TPSA) is 49.6 Å². The zero-order chi connectivity index (χ0) is 15.5. The van der Waals surface area contributed by atoms with E-state index in [0.717, 1.165) is 31.0 Å². The first kappa shape index (κ1) is 18.6. The molecule has 1 aromatic carbocycles. The van der Waals surface area contributed by atoms with Crippen molar-refractivity contribution in [1.29, 1.82) is 0 Å². The summed E-state index contributed by atoms with van der Waals surface area (Å²) in [6.45, 7) is 5.17. The van der Waals surface area contributed by atoms with E-state index in [1.54, 1.807) is 0 Å². The van der Waals surface area contributed by atoms with E-state index in [4.69, 9.17) is 5.73 Å². The van der Waals surface area contributed by atoms with Gasteiger partial charge < -0.3 is 10.6 Å². The minimum Gasteiger partial charge on any atom is -0.329 e. The molecule has 6 heteroatoms. The van der Waals surface area contributed by atoms with Crippen LogP contribution in [0.5, 0.6) is 0 Å². The zero-order valence-corrected chi connectivity index (χ0v) is 15.2. The van der Waals surface area contributed by atoms with Gasteiger partial charge in [0.1, 0.15) is 0 Å². The van der Waals surface area contributed by atoms with Gasteiger partial charge in [0.15, 0.2) is 0 Å². The fourth-order valence-corrected chi connectivity index (χ4v) is 4.59. The van der Waals surface area contributed by atoms with Crippen LogP contribution in [-0.2, 0) is 4.79 Å². The number of benzene rings is 1. The van der Waals surface area contributed by atoms with Gasteiger partial charge in [-0.15, -0.1) is 24.2 Å². The lowest BCUT2D eigenvalue weighted by atomic mass is 9.91. The van der Waals surface area contributed by atoms with Gasteiger partial charge in [-0.25, -0.2) is 0 Å². The van der Waals surface area contributed by atoms with Crippen LogP contribution in [0.3, 0.4) is 0 Å². The van der Waals surface area contributed by atoms with Crippen LogP contribution in [0.1, 0.15) is 19.8 Å². The Hall–Kier alpha value is -0.750. The van der Waals surface area contributed by atoms with Crippen LogP contribution in [0.25, 0.3) is 0 Å². The Bertz CT molecular complexity index is 542. The van der Waals surface area contributed by atoms with E-state index in [1.807, 2.05) is 28.8 Å². The third-order valence-corrected chi connectivity index (χ3v) is 5.88. The number of carbonyl (C=O) groups excluding carboxylic acids is 1. The third-order valence-electron chi connectivity index (χ3n) is 4.84. The summed E-state index contributed by atoms with van der Waals surface area (Å²) in [7, 11) is 0. The van der Waals surface area contributed by atoms with Crippen molar-refractivity contribution in [2.24, 2.45) is 11.7 Å². The largest absolute Gasteiger partial charge is 0.329 e. The number of nitrogens with two attached hydrogens (primary N) is 1. The number of fused-ring (bicyclic) bond motifs is 1. The normalized spacial score (nSPS) is 24.7. The summed E-state index contributed by atoms with van der Waals surface area (Å²) in [6.07, 6.45) is 2.38. The lowest BCUT2D eigenvalue weighted by Gasteiger charge is -2.40. The predicted octanol–water partition coefficient (Wildman–Crippen LogP) is 2.61. The van der Waals surface area contributed by atoms with E-state index >= 15 is 0 Å². The third kappa shape index (κ3) is 4.02. The second kappa shape index (κ2) is 8.38. The van der Waals surface area contributed by atoms with Gasteiger partial charge in [0.2, 0.25) is 5.91 Å². The summed E-state index contributed by atoms with van der Waals surface area (Å²) < 4.78 is 0. The summed E-state index contributed by atoms with van der Waals surface area (Å²) in [5.41, 5.74) is 7.01. The molecule has 0 aliphatic carbocycles. The first-order chi connectivity index (χ1) is 10.7. The van der Waals surface area contributed by atoms with Gasteiger partial charge >= 0.3 is 0 Å². The van der Waals surface area contributed by atoms with Gasteiger partial charge in [-0.2, -0.15) is 0 Å². The number of hydrogen-bond acceptors (Lipinski definition) is 4. The molecule has 1 fully saturated rings. The molecule has 128 valence electrons. The van der Waals surface area contributed by atoms with Gasteiger partial charge in [-0.05, 0) is 37.4 Å². The molecule has 2 aliphatic rings. The lowest BCUT2D eigenvalue weighted by molar-refractivity contribution is -0.120. The molecule has 1 amide bonds. The number of carbonyl (C=O) groups is 1. The maximum absolute atomic E-state index is 12.8. The van der Waals surface area contributed by atoms with Crippen LogP contribution < -0.4 is 10.6 Å². The zero-order valence-electron chi connectivity index (χ0n) is 13.6. The maximum atomic E-state index is 12.8. The summed E-state index contributed by atoms with van der Waals surface area (Å²) in [4.78, 5) is 18.3.